The molecule has 1 aromatic rings. The van der Waals surface area contributed by atoms with Crippen molar-refractivity contribution in [3.63, 3.8) is 0 Å². The summed E-state index contributed by atoms with van der Waals surface area (Å²) in [5, 5.41) is 3.32. The van der Waals surface area contributed by atoms with Crippen molar-refractivity contribution in [2.75, 3.05) is 31.1 Å². The van der Waals surface area contributed by atoms with Gasteiger partial charge in [0, 0.05) is 50.1 Å². The standard InChI is InChI=1S/C13H15N3O/c17-13-12-9-11(16-7-5-14-6-8-16)2-1-10(12)3-4-15-13/h1-2,4,9,14H,3,5-8H2. The van der Waals surface area contributed by atoms with Crippen LogP contribution in [0.2, 0.25) is 0 Å². The second-order valence-corrected chi connectivity index (χ2v) is 4.40. The molecule has 0 atom stereocenters. The predicted octanol–water partition coefficient (Wildman–Crippen LogP) is 0.863. The zero-order valence-corrected chi connectivity index (χ0v) is 9.65. The molecule has 0 aliphatic carbocycles. The van der Waals surface area contributed by atoms with E-state index < -0.39 is 0 Å². The number of nitrogens with one attached hydrogen (secondary N) is 1. The van der Waals surface area contributed by atoms with Gasteiger partial charge in [-0.1, -0.05) is 6.07 Å². The fourth-order valence-corrected chi connectivity index (χ4v) is 2.36. The Morgan fingerprint density at radius 3 is 2.88 bits per heavy atom. The molecule has 0 saturated carbocycles. The van der Waals surface area contributed by atoms with Crippen LogP contribution in [0.5, 0.6) is 0 Å². The van der Waals surface area contributed by atoms with E-state index in [-0.39, 0.29) is 5.91 Å². The molecule has 2 heterocycles. The Balaban J connectivity index is 1.92. The van der Waals surface area contributed by atoms with Gasteiger partial charge < -0.3 is 10.2 Å². The molecule has 17 heavy (non-hydrogen) atoms. The number of rotatable bonds is 1. The molecular weight excluding hydrogens is 214 g/mol. The minimum absolute atomic E-state index is 0.108. The summed E-state index contributed by atoms with van der Waals surface area (Å²) in [5.41, 5.74) is 2.99. The van der Waals surface area contributed by atoms with Crippen LogP contribution in [-0.4, -0.2) is 38.3 Å². The smallest absolute Gasteiger partial charge is 0.277 e. The Kier molecular flexibility index (Phi) is 2.65. The molecule has 4 nitrogen and oxygen atoms in total. The number of hydrogen-bond acceptors (Lipinski definition) is 3. The van der Waals surface area contributed by atoms with Crippen LogP contribution in [0.1, 0.15) is 15.9 Å². The summed E-state index contributed by atoms with van der Waals surface area (Å²) in [4.78, 5) is 17.9. The van der Waals surface area contributed by atoms with Crippen LogP contribution in [0.15, 0.2) is 23.2 Å². The third-order valence-electron chi connectivity index (χ3n) is 3.33. The Morgan fingerprint density at radius 2 is 2.06 bits per heavy atom. The Bertz CT molecular complexity index is 476. The van der Waals surface area contributed by atoms with Crippen LogP contribution in [0, 0.1) is 0 Å². The van der Waals surface area contributed by atoms with Crippen molar-refractivity contribution >= 4 is 17.8 Å². The zero-order chi connectivity index (χ0) is 11.7. The highest BCUT2D eigenvalue weighted by atomic mass is 16.1. The summed E-state index contributed by atoms with van der Waals surface area (Å²) >= 11 is 0. The van der Waals surface area contributed by atoms with E-state index in [1.165, 1.54) is 0 Å². The molecule has 1 amide bonds. The molecule has 0 bridgehead atoms. The van der Waals surface area contributed by atoms with E-state index in [4.69, 9.17) is 0 Å². The molecule has 2 aliphatic heterocycles. The fourth-order valence-electron chi connectivity index (χ4n) is 2.36. The second kappa shape index (κ2) is 4.30. The number of carbonyl (C=O) groups excluding carboxylic acids is 1. The Hall–Kier alpha value is -1.68. The van der Waals surface area contributed by atoms with Gasteiger partial charge in [-0.05, 0) is 17.7 Å². The molecule has 0 radical (unpaired) electrons. The number of benzene rings is 1. The van der Waals surface area contributed by atoms with Crippen molar-refractivity contribution in [1.82, 2.24) is 5.32 Å². The highest BCUT2D eigenvalue weighted by Crippen LogP contribution is 2.22. The molecule has 3 rings (SSSR count). The van der Waals surface area contributed by atoms with Crippen LogP contribution < -0.4 is 10.2 Å². The summed E-state index contributed by atoms with van der Waals surface area (Å²) in [5.74, 6) is -0.108. The molecule has 0 aromatic heterocycles. The largest absolute Gasteiger partial charge is 0.369 e. The predicted molar refractivity (Wildman–Crippen MR) is 68.1 cm³/mol. The molecule has 1 fully saturated rings. The van der Waals surface area contributed by atoms with Crippen molar-refractivity contribution < 1.29 is 4.79 Å². The SMILES string of the molecule is O=C1N=CCc2ccc(N3CCNCC3)cc21. The van der Waals surface area contributed by atoms with E-state index in [0.29, 0.717) is 0 Å². The number of fused-ring (bicyclic) bond motifs is 1. The third-order valence-corrected chi connectivity index (χ3v) is 3.33. The van der Waals surface area contributed by atoms with Gasteiger partial charge in [-0.2, -0.15) is 0 Å². The zero-order valence-electron chi connectivity index (χ0n) is 9.65. The number of nitrogens with zero attached hydrogens (tertiary/aromatic N) is 2. The molecular formula is C13H15N3O. The van der Waals surface area contributed by atoms with E-state index in [2.05, 4.69) is 27.3 Å². The lowest BCUT2D eigenvalue weighted by Gasteiger charge is -2.30. The van der Waals surface area contributed by atoms with Gasteiger partial charge in [0.25, 0.3) is 5.91 Å². The molecule has 1 aromatic carbocycles. The molecule has 4 heteroatoms. The van der Waals surface area contributed by atoms with Crippen molar-refractivity contribution in [3.05, 3.63) is 29.3 Å². The maximum Gasteiger partial charge on any atom is 0.277 e. The highest BCUT2D eigenvalue weighted by molar-refractivity contribution is 6.04. The summed E-state index contributed by atoms with van der Waals surface area (Å²) in [6.45, 7) is 4.00. The average Bonchev–Trinajstić information content (AvgIpc) is 2.40. The first-order chi connectivity index (χ1) is 8.34. The fraction of sp³-hybridized carbons (Fsp3) is 0.385. The van der Waals surface area contributed by atoms with Gasteiger partial charge in [0.1, 0.15) is 0 Å². The first kappa shape index (κ1) is 10.5. The van der Waals surface area contributed by atoms with Gasteiger partial charge in [0.05, 0.1) is 0 Å². The van der Waals surface area contributed by atoms with Crippen molar-refractivity contribution in [1.29, 1.82) is 0 Å². The van der Waals surface area contributed by atoms with E-state index in [1.54, 1.807) is 6.21 Å². The maximum atomic E-state index is 11.7. The van der Waals surface area contributed by atoms with E-state index in [9.17, 15) is 4.79 Å². The van der Waals surface area contributed by atoms with E-state index >= 15 is 0 Å². The maximum absolute atomic E-state index is 11.7. The number of piperazine rings is 1. The summed E-state index contributed by atoms with van der Waals surface area (Å²) in [7, 11) is 0. The lowest BCUT2D eigenvalue weighted by molar-refractivity contribution is 0.100. The Labute approximate surface area is 100 Å². The first-order valence-electron chi connectivity index (χ1n) is 6.00. The average molecular weight is 229 g/mol. The number of carbonyl (C=O) groups is 1. The molecule has 0 unspecified atom stereocenters. The molecule has 88 valence electrons. The van der Waals surface area contributed by atoms with Gasteiger partial charge in [-0.15, -0.1) is 0 Å². The first-order valence-corrected chi connectivity index (χ1v) is 6.00. The summed E-state index contributed by atoms with van der Waals surface area (Å²) < 4.78 is 0. The van der Waals surface area contributed by atoms with Crippen LogP contribution in [-0.2, 0) is 6.42 Å². The van der Waals surface area contributed by atoms with Gasteiger partial charge in [0.15, 0.2) is 0 Å². The summed E-state index contributed by atoms with van der Waals surface area (Å²) in [6.07, 6.45) is 2.46. The lowest BCUT2D eigenvalue weighted by atomic mass is 10.0. The molecule has 0 spiro atoms. The van der Waals surface area contributed by atoms with Crippen molar-refractivity contribution in [3.8, 4) is 0 Å². The van der Waals surface area contributed by atoms with Crippen LogP contribution in [0.3, 0.4) is 0 Å². The molecule has 1 N–H and O–H groups in total. The van der Waals surface area contributed by atoms with Crippen molar-refractivity contribution in [2.24, 2.45) is 4.99 Å². The quantitative estimate of drug-likeness (QED) is 0.777. The monoisotopic (exact) mass is 229 g/mol. The van der Waals surface area contributed by atoms with Gasteiger partial charge >= 0.3 is 0 Å². The topological polar surface area (TPSA) is 44.7 Å². The second-order valence-electron chi connectivity index (χ2n) is 4.40. The third kappa shape index (κ3) is 1.96. The lowest BCUT2D eigenvalue weighted by Crippen LogP contribution is -2.43. The van der Waals surface area contributed by atoms with E-state index in [0.717, 1.165) is 49.4 Å². The number of anilines is 1. The highest BCUT2D eigenvalue weighted by Gasteiger charge is 2.17. The van der Waals surface area contributed by atoms with Crippen LogP contribution in [0.4, 0.5) is 5.69 Å². The Morgan fingerprint density at radius 1 is 1.24 bits per heavy atom. The van der Waals surface area contributed by atoms with Gasteiger partial charge in [0.2, 0.25) is 0 Å². The molecule has 2 aliphatic rings. The van der Waals surface area contributed by atoms with Gasteiger partial charge in [-0.3, -0.25) is 4.79 Å². The van der Waals surface area contributed by atoms with Crippen molar-refractivity contribution in [2.45, 2.75) is 6.42 Å². The summed E-state index contributed by atoms with van der Waals surface area (Å²) in [6, 6.07) is 6.14. The number of amides is 1. The molecule has 1 saturated heterocycles. The minimum atomic E-state index is -0.108. The minimum Gasteiger partial charge on any atom is -0.369 e. The normalized spacial score (nSPS) is 19.3. The number of hydrogen-bond donors (Lipinski definition) is 1. The van der Waals surface area contributed by atoms with Gasteiger partial charge in [-0.25, -0.2) is 4.99 Å². The van der Waals surface area contributed by atoms with E-state index in [1.807, 2.05) is 6.07 Å². The van der Waals surface area contributed by atoms with Crippen LogP contribution >= 0.6 is 0 Å². The number of aliphatic imine (C=N–C) groups is 1. The van der Waals surface area contributed by atoms with Crippen LogP contribution in [0.25, 0.3) is 0 Å².